The van der Waals surface area contributed by atoms with Crippen LogP contribution < -0.4 is 15.2 Å². The summed E-state index contributed by atoms with van der Waals surface area (Å²) in [4.78, 5) is 13.4. The van der Waals surface area contributed by atoms with Crippen LogP contribution in [0.2, 0.25) is 0 Å². The maximum absolute atomic E-state index is 14.0. The third-order valence-corrected chi connectivity index (χ3v) is 7.02. The van der Waals surface area contributed by atoms with Crippen molar-refractivity contribution in [2.24, 2.45) is 5.73 Å². The number of nitrogens with two attached hydrogens (primary N) is 1. The van der Waals surface area contributed by atoms with Gasteiger partial charge in [-0.3, -0.25) is 4.79 Å². The molecule has 8 heteroatoms. The number of halogens is 4. The average Bonchev–Trinajstić information content (AvgIpc) is 2.91. The van der Waals surface area contributed by atoms with Crippen molar-refractivity contribution in [3.8, 4) is 17.2 Å². The lowest BCUT2D eigenvalue weighted by Crippen LogP contribution is -2.16. The third kappa shape index (κ3) is 7.45. The summed E-state index contributed by atoms with van der Waals surface area (Å²) in [6, 6.07) is 15.0. The first-order valence-corrected chi connectivity index (χ1v) is 13.3. The number of ether oxygens (including phenoxy) is 2. The number of hydrogen-bond acceptors (Lipinski definition) is 4. The highest BCUT2D eigenvalue weighted by Gasteiger charge is 2.20. The smallest absolute Gasteiger partial charge is 0.272 e. The predicted octanol–water partition coefficient (Wildman–Crippen LogP) is 8.82. The number of benzene rings is 3. The van der Waals surface area contributed by atoms with Crippen molar-refractivity contribution in [1.29, 1.82) is 0 Å². The van der Waals surface area contributed by atoms with Gasteiger partial charge in [0.2, 0.25) is 0 Å². The van der Waals surface area contributed by atoms with E-state index < -0.39 is 18.8 Å². The van der Waals surface area contributed by atoms with E-state index in [-0.39, 0.29) is 28.8 Å². The molecule has 0 radical (unpaired) electrons. The molecule has 4 nitrogen and oxygen atoms in total. The van der Waals surface area contributed by atoms with Gasteiger partial charge in [0, 0.05) is 17.2 Å². The number of ketones is 1. The Morgan fingerprint density at radius 2 is 1.75 bits per heavy atom. The van der Waals surface area contributed by atoms with Gasteiger partial charge in [0.25, 0.3) is 6.43 Å². The molecule has 0 saturated carbocycles. The number of Topliss-reactive ketones (excluding diaryl/α,β-unsaturated/α-hetero) is 1. The number of hydrogen-bond donors (Lipinski definition) is 1. The Hall–Kier alpha value is -3.78. The molecule has 1 atom stereocenters. The van der Waals surface area contributed by atoms with Crippen LogP contribution in [-0.2, 0) is 4.79 Å². The van der Waals surface area contributed by atoms with Crippen LogP contribution in [0.5, 0.6) is 17.2 Å². The molecule has 0 bridgehead atoms. The van der Waals surface area contributed by atoms with Gasteiger partial charge in [0.1, 0.15) is 18.1 Å². The van der Waals surface area contributed by atoms with E-state index in [4.69, 9.17) is 15.2 Å². The highest BCUT2D eigenvalue weighted by atomic mass is 79.9. The van der Waals surface area contributed by atoms with Gasteiger partial charge in [0.05, 0.1) is 4.47 Å². The van der Waals surface area contributed by atoms with Crippen LogP contribution >= 0.6 is 15.9 Å². The molecule has 0 heterocycles. The van der Waals surface area contributed by atoms with Gasteiger partial charge < -0.3 is 15.2 Å². The molecule has 40 heavy (non-hydrogen) atoms. The van der Waals surface area contributed by atoms with Crippen LogP contribution in [0.25, 0.3) is 6.08 Å². The van der Waals surface area contributed by atoms with Crippen LogP contribution in [-0.4, -0.2) is 18.8 Å². The summed E-state index contributed by atoms with van der Waals surface area (Å²) < 4.78 is 50.8. The molecular weight excluding hydrogens is 583 g/mol. The van der Waals surface area contributed by atoms with Gasteiger partial charge >= 0.3 is 0 Å². The molecule has 0 saturated heterocycles. The van der Waals surface area contributed by atoms with Crippen LogP contribution in [0.1, 0.15) is 42.0 Å². The summed E-state index contributed by atoms with van der Waals surface area (Å²) in [6.07, 6.45) is 0.486. The van der Waals surface area contributed by atoms with Gasteiger partial charge in [0.15, 0.2) is 17.3 Å². The standard InChI is InChI=1S/C32H31BrF3NO3/c1-6-24(32(38)20(4)14-23-16-29(39-17-30(35)36)25(33)15-18(23)2)31(37)21(5)22-11-12-27(19(3)13-22)40-28-10-8-7-9-26(28)34/h6-16,21,30H,1,17,37H2,2-5H3/b20-14+,31-24-. The molecule has 1 unspecified atom stereocenters. The fourth-order valence-electron chi connectivity index (χ4n) is 4.06. The average molecular weight is 615 g/mol. The second-order valence-corrected chi connectivity index (χ2v) is 10.2. The quantitative estimate of drug-likeness (QED) is 0.173. The van der Waals surface area contributed by atoms with Crippen LogP contribution in [0, 0.1) is 19.7 Å². The summed E-state index contributed by atoms with van der Waals surface area (Å²) in [6.45, 7) is 10.3. The van der Waals surface area contributed by atoms with E-state index in [2.05, 4.69) is 22.5 Å². The Morgan fingerprint density at radius 1 is 1.05 bits per heavy atom. The zero-order valence-electron chi connectivity index (χ0n) is 22.7. The Balaban J connectivity index is 1.87. The Kier molecular flexibility index (Phi) is 10.4. The van der Waals surface area contributed by atoms with E-state index in [0.29, 0.717) is 27.1 Å². The lowest BCUT2D eigenvalue weighted by molar-refractivity contribution is -0.111. The second-order valence-electron chi connectivity index (χ2n) is 9.35. The lowest BCUT2D eigenvalue weighted by Gasteiger charge is -2.18. The molecule has 0 aliphatic carbocycles. The van der Waals surface area contributed by atoms with E-state index in [0.717, 1.165) is 16.7 Å². The Morgan fingerprint density at radius 3 is 2.38 bits per heavy atom. The van der Waals surface area contributed by atoms with Crippen molar-refractivity contribution >= 4 is 27.8 Å². The maximum atomic E-state index is 14.0. The van der Waals surface area contributed by atoms with E-state index in [1.807, 2.05) is 32.9 Å². The molecule has 0 aliphatic heterocycles. The summed E-state index contributed by atoms with van der Waals surface area (Å²) in [7, 11) is 0. The van der Waals surface area contributed by atoms with Crippen molar-refractivity contribution in [2.75, 3.05) is 6.61 Å². The summed E-state index contributed by atoms with van der Waals surface area (Å²) in [5.74, 6) is -0.227. The van der Waals surface area contributed by atoms with Crippen molar-refractivity contribution in [2.45, 2.75) is 40.0 Å². The molecule has 3 rings (SSSR count). The number of allylic oxidation sites excluding steroid dienone is 4. The minimum absolute atomic E-state index is 0.126. The number of rotatable bonds is 11. The number of carbonyl (C=O) groups excluding carboxylic acids is 1. The highest BCUT2D eigenvalue weighted by molar-refractivity contribution is 9.10. The Bertz CT molecular complexity index is 1480. The van der Waals surface area contributed by atoms with E-state index in [1.165, 1.54) is 12.1 Å². The van der Waals surface area contributed by atoms with Crippen molar-refractivity contribution in [3.05, 3.63) is 117 Å². The Labute approximate surface area is 241 Å². The van der Waals surface area contributed by atoms with Gasteiger partial charge in [-0.05, 0) is 101 Å². The molecule has 0 aliphatic rings. The molecular formula is C32H31BrF3NO3. The van der Waals surface area contributed by atoms with Gasteiger partial charge in [-0.1, -0.05) is 43.8 Å². The fourth-order valence-corrected chi connectivity index (χ4v) is 4.63. The molecule has 0 fully saturated rings. The van der Waals surface area contributed by atoms with Crippen LogP contribution in [0.4, 0.5) is 13.2 Å². The van der Waals surface area contributed by atoms with Gasteiger partial charge in [-0.2, -0.15) is 0 Å². The van der Waals surface area contributed by atoms with E-state index in [1.54, 1.807) is 49.4 Å². The number of alkyl halides is 2. The summed E-state index contributed by atoms with van der Waals surface area (Å²) >= 11 is 3.33. The first-order valence-electron chi connectivity index (χ1n) is 12.5. The van der Waals surface area contributed by atoms with Crippen molar-refractivity contribution in [3.63, 3.8) is 0 Å². The van der Waals surface area contributed by atoms with Gasteiger partial charge in [-0.15, -0.1) is 0 Å². The van der Waals surface area contributed by atoms with E-state index in [9.17, 15) is 18.0 Å². The monoisotopic (exact) mass is 613 g/mol. The second kappa shape index (κ2) is 13.5. The first-order chi connectivity index (χ1) is 18.9. The molecule has 3 aromatic carbocycles. The third-order valence-electron chi connectivity index (χ3n) is 6.40. The molecule has 0 aromatic heterocycles. The zero-order chi connectivity index (χ0) is 29.6. The number of para-hydroxylation sites is 1. The molecule has 0 spiro atoms. The predicted molar refractivity (Wildman–Crippen MR) is 157 cm³/mol. The normalized spacial score (nSPS) is 13.1. The zero-order valence-corrected chi connectivity index (χ0v) is 24.3. The summed E-state index contributed by atoms with van der Waals surface area (Å²) in [5.41, 5.74) is 10.6. The minimum atomic E-state index is -2.61. The topological polar surface area (TPSA) is 61.5 Å². The summed E-state index contributed by atoms with van der Waals surface area (Å²) in [5, 5.41) is 0. The first kappa shape index (κ1) is 30.8. The van der Waals surface area contributed by atoms with Crippen molar-refractivity contribution in [1.82, 2.24) is 0 Å². The number of aryl methyl sites for hydroxylation is 2. The van der Waals surface area contributed by atoms with E-state index >= 15 is 0 Å². The molecule has 2 N–H and O–H groups in total. The molecule has 210 valence electrons. The highest BCUT2D eigenvalue weighted by Crippen LogP contribution is 2.33. The van der Waals surface area contributed by atoms with Gasteiger partial charge in [-0.25, -0.2) is 13.2 Å². The maximum Gasteiger partial charge on any atom is 0.272 e. The molecule has 3 aromatic rings. The minimum Gasteiger partial charge on any atom is -0.486 e. The number of carbonyl (C=O) groups is 1. The lowest BCUT2D eigenvalue weighted by atomic mass is 9.90. The fraction of sp³-hybridized carbons (Fsp3) is 0.219. The SMILES string of the molecule is C=C/C(C(=O)/C(C)=C/c1cc(OCC(F)F)c(Br)cc1C)=C(/N)C(C)c1ccc(Oc2ccccc2F)c(C)c1. The van der Waals surface area contributed by atoms with Crippen molar-refractivity contribution < 1.29 is 27.4 Å². The molecule has 0 amide bonds. The van der Waals surface area contributed by atoms with Crippen LogP contribution in [0.15, 0.2) is 88.6 Å². The van der Waals surface area contributed by atoms with Crippen LogP contribution in [0.3, 0.4) is 0 Å². The largest absolute Gasteiger partial charge is 0.486 e.